The summed E-state index contributed by atoms with van der Waals surface area (Å²) < 4.78 is 4.93. The average Bonchev–Trinajstić information content (AvgIpc) is 2.75. The van der Waals surface area contributed by atoms with Gasteiger partial charge in [-0.05, 0) is 31.7 Å². The molecule has 5 nitrogen and oxygen atoms in total. The fourth-order valence-electron chi connectivity index (χ4n) is 2.32. The van der Waals surface area contributed by atoms with Crippen molar-refractivity contribution in [3.05, 3.63) is 17.5 Å². The van der Waals surface area contributed by atoms with E-state index in [1.807, 2.05) is 4.90 Å². The van der Waals surface area contributed by atoms with Crippen molar-refractivity contribution >= 4 is 5.91 Å². The Morgan fingerprint density at radius 3 is 3.06 bits per heavy atom. The van der Waals surface area contributed by atoms with Gasteiger partial charge in [0.2, 0.25) is 0 Å². The number of hydrogen-bond donors (Lipinski definition) is 1. The summed E-state index contributed by atoms with van der Waals surface area (Å²) in [7, 11) is 0. The summed E-state index contributed by atoms with van der Waals surface area (Å²) in [5, 5.41) is 3.64. The minimum atomic E-state index is 0.00843. The van der Waals surface area contributed by atoms with Gasteiger partial charge in [0.05, 0.1) is 6.20 Å². The van der Waals surface area contributed by atoms with Gasteiger partial charge in [0.15, 0.2) is 0 Å². The molecule has 1 aliphatic rings. The van der Waals surface area contributed by atoms with Crippen molar-refractivity contribution in [1.29, 1.82) is 0 Å². The summed E-state index contributed by atoms with van der Waals surface area (Å²) in [6, 6.07) is 0. The van der Waals surface area contributed by atoms with Crippen molar-refractivity contribution < 1.29 is 9.32 Å². The molecule has 0 spiro atoms. The predicted octanol–water partition coefficient (Wildman–Crippen LogP) is 1.04. The number of aryl methyl sites for hydroxylation is 1. The van der Waals surface area contributed by atoms with Gasteiger partial charge in [0, 0.05) is 13.1 Å². The van der Waals surface area contributed by atoms with Gasteiger partial charge in [-0.25, -0.2) is 0 Å². The number of hydrogen-bond acceptors (Lipinski definition) is 4. The standard InChI is InChI=1S/C12H19N3O2/c1-8-3-4-15(7-10(8)5-13)12(16)11-6-14-17-9(11)2/h6,8,10H,3-5,7,13H2,1-2H3. The van der Waals surface area contributed by atoms with E-state index in [1.165, 1.54) is 6.20 Å². The van der Waals surface area contributed by atoms with Crippen molar-refractivity contribution in [3.63, 3.8) is 0 Å². The van der Waals surface area contributed by atoms with Gasteiger partial charge in [-0.1, -0.05) is 12.1 Å². The van der Waals surface area contributed by atoms with Crippen LogP contribution in [0.3, 0.4) is 0 Å². The zero-order valence-electron chi connectivity index (χ0n) is 10.3. The lowest BCUT2D eigenvalue weighted by molar-refractivity contribution is 0.0617. The maximum atomic E-state index is 12.2. The molecule has 1 aliphatic heterocycles. The lowest BCUT2D eigenvalue weighted by Crippen LogP contribution is -2.45. The van der Waals surface area contributed by atoms with Crippen LogP contribution in [0.1, 0.15) is 29.5 Å². The first kappa shape index (κ1) is 12.1. The predicted molar refractivity (Wildman–Crippen MR) is 63.5 cm³/mol. The van der Waals surface area contributed by atoms with Gasteiger partial charge < -0.3 is 15.2 Å². The minimum absolute atomic E-state index is 0.00843. The third kappa shape index (κ3) is 2.34. The molecule has 94 valence electrons. The zero-order chi connectivity index (χ0) is 12.4. The highest BCUT2D eigenvalue weighted by Gasteiger charge is 2.29. The third-order valence-electron chi connectivity index (χ3n) is 3.69. The molecule has 0 bridgehead atoms. The van der Waals surface area contributed by atoms with Crippen LogP contribution in [0, 0.1) is 18.8 Å². The quantitative estimate of drug-likeness (QED) is 0.834. The molecule has 1 aromatic rings. The molecule has 2 N–H and O–H groups in total. The number of carbonyl (C=O) groups is 1. The van der Waals surface area contributed by atoms with Crippen molar-refractivity contribution in [2.24, 2.45) is 17.6 Å². The van der Waals surface area contributed by atoms with Crippen LogP contribution in [-0.2, 0) is 0 Å². The van der Waals surface area contributed by atoms with Gasteiger partial charge in [-0.3, -0.25) is 4.79 Å². The zero-order valence-corrected chi connectivity index (χ0v) is 10.3. The molecule has 1 amide bonds. The van der Waals surface area contributed by atoms with Crippen LogP contribution in [0.5, 0.6) is 0 Å². The molecule has 1 aromatic heterocycles. The van der Waals surface area contributed by atoms with Crippen molar-refractivity contribution in [2.75, 3.05) is 19.6 Å². The second-order valence-corrected chi connectivity index (χ2v) is 4.81. The molecular formula is C12H19N3O2. The van der Waals surface area contributed by atoms with E-state index in [0.717, 1.165) is 19.5 Å². The average molecular weight is 237 g/mol. The lowest BCUT2D eigenvalue weighted by Gasteiger charge is -2.36. The van der Waals surface area contributed by atoms with E-state index in [9.17, 15) is 4.79 Å². The summed E-state index contributed by atoms with van der Waals surface area (Å²) in [6.07, 6.45) is 2.51. The number of nitrogens with zero attached hydrogens (tertiary/aromatic N) is 2. The number of nitrogens with two attached hydrogens (primary N) is 1. The van der Waals surface area contributed by atoms with Gasteiger partial charge in [-0.2, -0.15) is 0 Å². The fraction of sp³-hybridized carbons (Fsp3) is 0.667. The second-order valence-electron chi connectivity index (χ2n) is 4.81. The molecule has 0 saturated carbocycles. The molecule has 1 saturated heterocycles. The van der Waals surface area contributed by atoms with Crippen molar-refractivity contribution in [1.82, 2.24) is 10.1 Å². The molecule has 0 aromatic carbocycles. The summed E-state index contributed by atoms with van der Waals surface area (Å²) in [4.78, 5) is 14.1. The van der Waals surface area contributed by atoms with Crippen LogP contribution in [-0.4, -0.2) is 35.6 Å². The minimum Gasteiger partial charge on any atom is -0.361 e. The summed E-state index contributed by atoms with van der Waals surface area (Å²) in [5.74, 6) is 1.58. The maximum Gasteiger partial charge on any atom is 0.259 e. The Morgan fingerprint density at radius 1 is 1.71 bits per heavy atom. The number of carbonyl (C=O) groups excluding carboxylic acids is 1. The highest BCUT2D eigenvalue weighted by Crippen LogP contribution is 2.24. The summed E-state index contributed by atoms with van der Waals surface area (Å²) in [6.45, 7) is 6.12. The molecule has 0 radical (unpaired) electrons. The van der Waals surface area contributed by atoms with Gasteiger partial charge >= 0.3 is 0 Å². The fourth-order valence-corrected chi connectivity index (χ4v) is 2.32. The normalized spacial score (nSPS) is 25.0. The first-order chi connectivity index (χ1) is 8.13. The molecule has 2 heterocycles. The van der Waals surface area contributed by atoms with E-state index < -0.39 is 0 Å². The van der Waals surface area contributed by atoms with Crippen LogP contribution >= 0.6 is 0 Å². The van der Waals surface area contributed by atoms with Gasteiger partial charge in [0.25, 0.3) is 5.91 Å². The smallest absolute Gasteiger partial charge is 0.259 e. The molecule has 1 fully saturated rings. The first-order valence-corrected chi connectivity index (χ1v) is 6.04. The Kier molecular flexibility index (Phi) is 3.47. The highest BCUT2D eigenvalue weighted by atomic mass is 16.5. The third-order valence-corrected chi connectivity index (χ3v) is 3.69. The van der Waals surface area contributed by atoms with Crippen LogP contribution < -0.4 is 5.73 Å². The number of rotatable bonds is 2. The highest BCUT2D eigenvalue weighted by molar-refractivity contribution is 5.94. The topological polar surface area (TPSA) is 72.4 Å². The SMILES string of the molecule is Cc1oncc1C(=O)N1CCC(C)C(CN)C1. The number of amides is 1. The summed E-state index contributed by atoms with van der Waals surface area (Å²) >= 11 is 0. The molecule has 2 unspecified atom stereocenters. The molecule has 5 heteroatoms. The van der Waals surface area contributed by atoms with E-state index in [1.54, 1.807) is 6.92 Å². The Morgan fingerprint density at radius 2 is 2.47 bits per heavy atom. The van der Waals surface area contributed by atoms with Crippen LogP contribution in [0.2, 0.25) is 0 Å². The van der Waals surface area contributed by atoms with E-state index >= 15 is 0 Å². The number of likely N-dealkylation sites (tertiary alicyclic amines) is 1. The Bertz CT molecular complexity index is 402. The van der Waals surface area contributed by atoms with E-state index in [2.05, 4.69) is 12.1 Å². The summed E-state index contributed by atoms with van der Waals surface area (Å²) in [5.41, 5.74) is 6.30. The van der Waals surface area contributed by atoms with Crippen molar-refractivity contribution in [2.45, 2.75) is 20.3 Å². The maximum absolute atomic E-state index is 12.2. The second kappa shape index (κ2) is 4.87. The van der Waals surface area contributed by atoms with Crippen molar-refractivity contribution in [3.8, 4) is 0 Å². The Hall–Kier alpha value is -1.36. The lowest BCUT2D eigenvalue weighted by atomic mass is 9.87. The van der Waals surface area contributed by atoms with Crippen LogP contribution in [0.15, 0.2) is 10.7 Å². The van der Waals surface area contributed by atoms with Gasteiger partial charge in [0.1, 0.15) is 11.3 Å². The molecule has 2 atom stereocenters. The Labute approximate surface area is 101 Å². The van der Waals surface area contributed by atoms with Crippen LogP contribution in [0.25, 0.3) is 0 Å². The Balaban J connectivity index is 2.09. The van der Waals surface area contributed by atoms with E-state index in [4.69, 9.17) is 10.3 Å². The number of piperidine rings is 1. The molecule has 0 aliphatic carbocycles. The van der Waals surface area contributed by atoms with E-state index in [0.29, 0.717) is 29.7 Å². The largest absolute Gasteiger partial charge is 0.361 e. The van der Waals surface area contributed by atoms with E-state index in [-0.39, 0.29) is 5.91 Å². The molecule has 2 rings (SSSR count). The number of aromatic nitrogens is 1. The molecule has 17 heavy (non-hydrogen) atoms. The first-order valence-electron chi connectivity index (χ1n) is 6.04. The van der Waals surface area contributed by atoms with Gasteiger partial charge in [-0.15, -0.1) is 0 Å². The van der Waals surface area contributed by atoms with Crippen LogP contribution in [0.4, 0.5) is 0 Å². The monoisotopic (exact) mass is 237 g/mol. The molecular weight excluding hydrogens is 218 g/mol.